The predicted molar refractivity (Wildman–Crippen MR) is 82.2 cm³/mol. The smallest absolute Gasteiger partial charge is 0.0416 e. The maximum absolute atomic E-state index is 4.48. The van der Waals surface area contributed by atoms with E-state index in [-0.39, 0.29) is 0 Å². The van der Waals surface area contributed by atoms with Crippen LogP contribution in [0.3, 0.4) is 0 Å². The van der Waals surface area contributed by atoms with E-state index in [1.165, 1.54) is 5.69 Å². The molecule has 0 radical (unpaired) electrons. The molecule has 0 N–H and O–H groups in total. The van der Waals surface area contributed by atoms with Crippen molar-refractivity contribution in [1.29, 1.82) is 0 Å². The predicted octanol–water partition coefficient (Wildman–Crippen LogP) is 3.15. The maximum atomic E-state index is 4.48. The van der Waals surface area contributed by atoms with E-state index in [4.69, 9.17) is 0 Å². The average molecular weight is 266 g/mol. The molecule has 0 saturated carbocycles. The molecule has 2 nitrogen and oxygen atoms in total. The van der Waals surface area contributed by atoms with Crippen LogP contribution in [0.5, 0.6) is 0 Å². The van der Waals surface area contributed by atoms with Crippen LogP contribution in [-0.2, 0) is 6.42 Å². The van der Waals surface area contributed by atoms with Gasteiger partial charge in [0.25, 0.3) is 0 Å². The number of aromatic nitrogens is 1. The van der Waals surface area contributed by atoms with Crippen LogP contribution >= 0.6 is 12.6 Å². The fourth-order valence-corrected chi connectivity index (χ4v) is 2.59. The summed E-state index contributed by atoms with van der Waals surface area (Å²) in [5, 5.41) is 0. The van der Waals surface area contributed by atoms with Crippen LogP contribution < -0.4 is 0 Å². The van der Waals surface area contributed by atoms with Gasteiger partial charge in [0.15, 0.2) is 0 Å². The molecule has 0 amide bonds. The van der Waals surface area contributed by atoms with Crippen LogP contribution in [0.2, 0.25) is 0 Å². The molecule has 0 spiro atoms. The number of likely N-dealkylation sites (N-methyl/N-ethyl adjacent to an activating group) is 1. The quantitative estimate of drug-likeness (QED) is 0.796. The molecule has 1 unspecified atom stereocenters. The molecule has 1 atom stereocenters. The van der Waals surface area contributed by atoms with E-state index in [0.717, 1.165) is 25.3 Å². The molecule has 1 rings (SSSR count). The first-order valence-corrected chi connectivity index (χ1v) is 7.26. The van der Waals surface area contributed by atoms with E-state index in [9.17, 15) is 0 Å². The van der Waals surface area contributed by atoms with Gasteiger partial charge in [-0.25, -0.2) is 0 Å². The van der Waals surface area contributed by atoms with Crippen molar-refractivity contribution in [2.75, 3.05) is 25.9 Å². The second-order valence-corrected chi connectivity index (χ2v) is 6.44. The summed E-state index contributed by atoms with van der Waals surface area (Å²) in [4.78, 5) is 6.75. The van der Waals surface area contributed by atoms with Gasteiger partial charge in [0.1, 0.15) is 0 Å². The summed E-state index contributed by atoms with van der Waals surface area (Å²) >= 11 is 4.48. The summed E-state index contributed by atoms with van der Waals surface area (Å²) in [6.07, 6.45) is 2.88. The van der Waals surface area contributed by atoms with Gasteiger partial charge < -0.3 is 4.90 Å². The molecule has 1 aromatic rings. The van der Waals surface area contributed by atoms with Crippen molar-refractivity contribution in [2.45, 2.75) is 27.2 Å². The van der Waals surface area contributed by atoms with Crippen LogP contribution in [0.15, 0.2) is 24.4 Å². The Bertz CT molecular complexity index is 332. The van der Waals surface area contributed by atoms with E-state index in [0.29, 0.717) is 11.3 Å². The lowest BCUT2D eigenvalue weighted by Crippen LogP contribution is -2.35. The molecule has 1 heterocycles. The van der Waals surface area contributed by atoms with E-state index in [2.05, 4.69) is 56.4 Å². The zero-order chi connectivity index (χ0) is 13.6. The minimum atomic E-state index is 0.320. The first-order chi connectivity index (χ1) is 8.43. The summed E-state index contributed by atoms with van der Waals surface area (Å²) in [5.74, 6) is 1.56. The second kappa shape index (κ2) is 7.15. The Balaban J connectivity index is 2.39. The minimum Gasteiger partial charge on any atom is -0.306 e. The van der Waals surface area contributed by atoms with Gasteiger partial charge in [0.2, 0.25) is 0 Å². The van der Waals surface area contributed by atoms with E-state index < -0.39 is 0 Å². The largest absolute Gasteiger partial charge is 0.306 e. The Morgan fingerprint density at radius 1 is 1.33 bits per heavy atom. The number of nitrogens with zero attached hydrogens (tertiary/aromatic N) is 2. The molecule has 1 aromatic heterocycles. The van der Waals surface area contributed by atoms with Crippen molar-refractivity contribution in [2.24, 2.45) is 11.3 Å². The van der Waals surface area contributed by atoms with E-state index in [1.807, 2.05) is 18.3 Å². The molecule has 102 valence electrons. The second-order valence-electron chi connectivity index (χ2n) is 6.08. The monoisotopic (exact) mass is 266 g/mol. The number of rotatable bonds is 6. The summed E-state index contributed by atoms with van der Waals surface area (Å²) in [6.45, 7) is 9.03. The van der Waals surface area contributed by atoms with Crippen molar-refractivity contribution < 1.29 is 0 Å². The van der Waals surface area contributed by atoms with Crippen molar-refractivity contribution in [3.8, 4) is 0 Å². The third-order valence-electron chi connectivity index (χ3n) is 3.45. The minimum absolute atomic E-state index is 0.320. The lowest BCUT2D eigenvalue weighted by Gasteiger charge is -2.33. The molecule has 0 aliphatic rings. The number of hydrogen-bond donors (Lipinski definition) is 1. The van der Waals surface area contributed by atoms with E-state index >= 15 is 0 Å². The Morgan fingerprint density at radius 3 is 2.56 bits per heavy atom. The zero-order valence-corrected chi connectivity index (χ0v) is 13.0. The Kier molecular flexibility index (Phi) is 6.16. The fraction of sp³-hybridized carbons (Fsp3) is 0.667. The highest BCUT2D eigenvalue weighted by molar-refractivity contribution is 7.80. The molecule has 0 bridgehead atoms. The molecule has 0 aromatic carbocycles. The topological polar surface area (TPSA) is 16.1 Å². The Hall–Kier alpha value is -0.540. The van der Waals surface area contributed by atoms with Crippen molar-refractivity contribution in [3.05, 3.63) is 30.1 Å². The molecular formula is C15H26N2S. The average Bonchev–Trinajstić information content (AvgIpc) is 2.33. The molecule has 0 aliphatic heterocycles. The molecular weight excluding hydrogens is 240 g/mol. The highest BCUT2D eigenvalue weighted by Gasteiger charge is 2.24. The third kappa shape index (κ3) is 5.40. The van der Waals surface area contributed by atoms with Gasteiger partial charge in [-0.15, -0.1) is 0 Å². The van der Waals surface area contributed by atoms with Gasteiger partial charge in [-0.1, -0.05) is 26.8 Å². The SMILES string of the molecule is CN(CCc1ccccn1)CC(CS)C(C)(C)C. The fourth-order valence-electron chi connectivity index (χ4n) is 1.92. The summed E-state index contributed by atoms with van der Waals surface area (Å²) in [5.41, 5.74) is 1.49. The van der Waals surface area contributed by atoms with Crippen LogP contribution in [0.25, 0.3) is 0 Å². The van der Waals surface area contributed by atoms with Gasteiger partial charge in [0.05, 0.1) is 0 Å². The highest BCUT2D eigenvalue weighted by atomic mass is 32.1. The van der Waals surface area contributed by atoms with E-state index in [1.54, 1.807) is 0 Å². The van der Waals surface area contributed by atoms with Crippen LogP contribution in [0, 0.1) is 11.3 Å². The zero-order valence-electron chi connectivity index (χ0n) is 12.1. The Morgan fingerprint density at radius 2 is 2.06 bits per heavy atom. The van der Waals surface area contributed by atoms with Crippen molar-refractivity contribution in [3.63, 3.8) is 0 Å². The molecule has 0 aliphatic carbocycles. The van der Waals surface area contributed by atoms with Gasteiger partial charge >= 0.3 is 0 Å². The standard InChI is InChI=1S/C15H26N2S/c1-15(2,3)13(12-18)11-17(4)10-8-14-7-5-6-9-16-14/h5-7,9,13,18H,8,10-12H2,1-4H3. The van der Waals surface area contributed by atoms with Gasteiger partial charge in [-0.3, -0.25) is 4.98 Å². The lowest BCUT2D eigenvalue weighted by molar-refractivity contribution is 0.188. The van der Waals surface area contributed by atoms with Crippen LogP contribution in [0.4, 0.5) is 0 Å². The summed E-state index contributed by atoms with van der Waals surface area (Å²) in [6, 6.07) is 6.10. The Labute approximate surface area is 117 Å². The van der Waals surface area contributed by atoms with Gasteiger partial charge in [0, 0.05) is 31.4 Å². The van der Waals surface area contributed by atoms with Crippen LogP contribution in [0.1, 0.15) is 26.5 Å². The summed E-state index contributed by atoms with van der Waals surface area (Å²) < 4.78 is 0. The van der Waals surface area contributed by atoms with Gasteiger partial charge in [-0.2, -0.15) is 12.6 Å². The number of thiol groups is 1. The lowest BCUT2D eigenvalue weighted by atomic mass is 9.81. The van der Waals surface area contributed by atoms with Crippen LogP contribution in [-0.4, -0.2) is 35.8 Å². The first kappa shape index (κ1) is 15.5. The molecule has 0 fully saturated rings. The number of pyridine rings is 1. The normalized spacial score (nSPS) is 13.9. The number of hydrogen-bond acceptors (Lipinski definition) is 3. The highest BCUT2D eigenvalue weighted by Crippen LogP contribution is 2.27. The first-order valence-electron chi connectivity index (χ1n) is 6.63. The third-order valence-corrected chi connectivity index (χ3v) is 3.89. The van der Waals surface area contributed by atoms with Crippen molar-refractivity contribution in [1.82, 2.24) is 9.88 Å². The van der Waals surface area contributed by atoms with Crippen molar-refractivity contribution >= 4 is 12.6 Å². The maximum Gasteiger partial charge on any atom is 0.0416 e. The molecule has 0 saturated heterocycles. The molecule has 18 heavy (non-hydrogen) atoms. The summed E-state index contributed by atoms with van der Waals surface area (Å²) in [7, 11) is 2.19. The molecule has 3 heteroatoms. The van der Waals surface area contributed by atoms with Gasteiger partial charge in [-0.05, 0) is 36.3 Å².